The summed E-state index contributed by atoms with van der Waals surface area (Å²) in [6, 6.07) is 5.29. The number of rotatable bonds is 2. The summed E-state index contributed by atoms with van der Waals surface area (Å²) >= 11 is 5.78. The van der Waals surface area contributed by atoms with Crippen LogP contribution in [0.15, 0.2) is 30.6 Å². The Bertz CT molecular complexity index is 901. The number of nitrogens with zero attached hydrogens (tertiary/aromatic N) is 5. The lowest BCUT2D eigenvalue weighted by Gasteiger charge is -2.27. The highest BCUT2D eigenvalue weighted by Gasteiger charge is 2.14. The summed E-state index contributed by atoms with van der Waals surface area (Å²) in [6.45, 7) is 2.89. The van der Waals surface area contributed by atoms with E-state index in [2.05, 4.69) is 24.8 Å². The number of halogens is 2. The molecule has 0 saturated carbocycles. The number of hydrogen-bond acceptors (Lipinski definition) is 6. The second kappa shape index (κ2) is 6.26. The molecule has 0 unspecified atom stereocenters. The summed E-state index contributed by atoms with van der Waals surface area (Å²) in [6.07, 6.45) is 2.81. The van der Waals surface area contributed by atoms with Gasteiger partial charge in [0.25, 0.3) is 0 Å². The molecule has 3 heterocycles. The number of hydrogen-bond donors (Lipinski definition) is 0. The van der Waals surface area contributed by atoms with Gasteiger partial charge in [0.2, 0.25) is 5.28 Å². The molecule has 1 aliphatic heterocycles. The van der Waals surface area contributed by atoms with E-state index in [1.54, 1.807) is 24.4 Å². The van der Waals surface area contributed by atoms with Gasteiger partial charge in [0, 0.05) is 18.7 Å². The number of aromatic nitrogens is 4. The molecular weight excluding hydrogens is 333 g/mol. The number of morpholine rings is 1. The highest BCUT2D eigenvalue weighted by Crippen LogP contribution is 2.25. The van der Waals surface area contributed by atoms with Crippen molar-refractivity contribution in [3.63, 3.8) is 0 Å². The Labute approximate surface area is 142 Å². The van der Waals surface area contributed by atoms with Crippen molar-refractivity contribution in [2.24, 2.45) is 0 Å². The molecule has 0 bridgehead atoms. The van der Waals surface area contributed by atoms with Crippen molar-refractivity contribution in [2.75, 3.05) is 31.2 Å². The van der Waals surface area contributed by atoms with Gasteiger partial charge in [-0.3, -0.25) is 4.98 Å². The van der Waals surface area contributed by atoms with Crippen LogP contribution in [-0.4, -0.2) is 46.2 Å². The maximum absolute atomic E-state index is 14.0. The van der Waals surface area contributed by atoms with E-state index in [1.165, 1.54) is 0 Å². The molecule has 122 valence electrons. The quantitative estimate of drug-likeness (QED) is 0.665. The Morgan fingerprint density at radius 1 is 1.04 bits per heavy atom. The highest BCUT2D eigenvalue weighted by molar-refractivity contribution is 6.28. The normalized spacial score (nSPS) is 15.0. The first kappa shape index (κ1) is 15.2. The summed E-state index contributed by atoms with van der Waals surface area (Å²) < 4.78 is 19.3. The Balaban J connectivity index is 1.77. The summed E-state index contributed by atoms with van der Waals surface area (Å²) in [4.78, 5) is 18.8. The van der Waals surface area contributed by atoms with Gasteiger partial charge in [0.15, 0.2) is 5.82 Å². The average Bonchev–Trinajstić information content (AvgIpc) is 2.63. The first-order valence-electron chi connectivity index (χ1n) is 7.48. The number of benzene rings is 1. The molecule has 0 radical (unpaired) electrons. The zero-order chi connectivity index (χ0) is 16.5. The molecular formula is C16H13ClFN5O. The fraction of sp³-hybridized carbons (Fsp3) is 0.250. The lowest BCUT2D eigenvalue weighted by Crippen LogP contribution is -2.36. The third-order valence-corrected chi connectivity index (χ3v) is 4.03. The minimum Gasteiger partial charge on any atom is -0.378 e. The van der Waals surface area contributed by atoms with Gasteiger partial charge in [0.05, 0.1) is 36.6 Å². The van der Waals surface area contributed by atoms with Crippen molar-refractivity contribution < 1.29 is 9.13 Å². The van der Waals surface area contributed by atoms with Crippen molar-refractivity contribution in [2.45, 2.75) is 0 Å². The first-order chi connectivity index (χ1) is 11.7. The molecule has 0 amide bonds. The van der Waals surface area contributed by atoms with Gasteiger partial charge in [-0.1, -0.05) is 6.07 Å². The van der Waals surface area contributed by atoms with Crippen LogP contribution in [0.25, 0.3) is 22.3 Å². The fourth-order valence-electron chi connectivity index (χ4n) is 2.64. The standard InChI is InChI=1S/C16H13ClFN5O/c17-16-20-8-11(18)15(22-16)10-1-2-12-13(7-10)21-14(9-19-12)23-3-5-24-6-4-23/h1-2,7-9H,3-6H2. The maximum atomic E-state index is 14.0. The predicted molar refractivity (Wildman–Crippen MR) is 88.6 cm³/mol. The van der Waals surface area contributed by atoms with Crippen molar-refractivity contribution in [3.8, 4) is 11.3 Å². The van der Waals surface area contributed by atoms with Crippen LogP contribution in [0, 0.1) is 5.82 Å². The van der Waals surface area contributed by atoms with Crippen LogP contribution < -0.4 is 4.90 Å². The minimum absolute atomic E-state index is 0.000325. The monoisotopic (exact) mass is 345 g/mol. The second-order valence-corrected chi connectivity index (χ2v) is 5.70. The molecule has 2 aromatic heterocycles. The van der Waals surface area contributed by atoms with Gasteiger partial charge in [-0.05, 0) is 23.7 Å². The molecule has 6 nitrogen and oxygen atoms in total. The van der Waals surface area contributed by atoms with E-state index in [0.29, 0.717) is 24.3 Å². The van der Waals surface area contributed by atoms with E-state index < -0.39 is 5.82 Å². The Hall–Kier alpha value is -2.38. The predicted octanol–water partition coefficient (Wildman–Crippen LogP) is 2.72. The summed E-state index contributed by atoms with van der Waals surface area (Å²) in [5.41, 5.74) is 2.13. The SMILES string of the molecule is Fc1cnc(Cl)nc1-c1ccc2ncc(N3CCOCC3)nc2c1. The number of anilines is 1. The van der Waals surface area contributed by atoms with Crippen LogP contribution in [0.3, 0.4) is 0 Å². The molecule has 1 aliphatic rings. The molecule has 0 aliphatic carbocycles. The molecule has 1 aromatic carbocycles. The van der Waals surface area contributed by atoms with Gasteiger partial charge in [0.1, 0.15) is 11.5 Å². The highest BCUT2D eigenvalue weighted by atomic mass is 35.5. The largest absolute Gasteiger partial charge is 0.378 e. The van der Waals surface area contributed by atoms with Crippen LogP contribution in [0.5, 0.6) is 0 Å². The van der Waals surface area contributed by atoms with E-state index in [1.807, 2.05) is 0 Å². The van der Waals surface area contributed by atoms with Crippen LogP contribution >= 0.6 is 11.6 Å². The Morgan fingerprint density at radius 2 is 1.88 bits per heavy atom. The number of ether oxygens (including phenoxy) is 1. The molecule has 3 aromatic rings. The van der Waals surface area contributed by atoms with Gasteiger partial charge >= 0.3 is 0 Å². The third-order valence-electron chi connectivity index (χ3n) is 3.85. The van der Waals surface area contributed by atoms with E-state index in [4.69, 9.17) is 16.3 Å². The van der Waals surface area contributed by atoms with Gasteiger partial charge in [-0.15, -0.1) is 0 Å². The van der Waals surface area contributed by atoms with Crippen LogP contribution in [-0.2, 0) is 4.74 Å². The van der Waals surface area contributed by atoms with E-state index in [-0.39, 0.29) is 11.0 Å². The molecule has 0 N–H and O–H groups in total. The summed E-state index contributed by atoms with van der Waals surface area (Å²) in [7, 11) is 0. The minimum atomic E-state index is -0.531. The molecule has 24 heavy (non-hydrogen) atoms. The molecule has 8 heteroatoms. The van der Waals surface area contributed by atoms with Gasteiger partial charge in [-0.2, -0.15) is 0 Å². The van der Waals surface area contributed by atoms with Crippen molar-refractivity contribution in [1.29, 1.82) is 0 Å². The first-order valence-corrected chi connectivity index (χ1v) is 7.86. The third kappa shape index (κ3) is 2.88. The van der Waals surface area contributed by atoms with Crippen molar-refractivity contribution in [3.05, 3.63) is 41.7 Å². The Kier molecular flexibility index (Phi) is 3.95. The molecule has 0 atom stereocenters. The van der Waals surface area contributed by atoms with E-state index in [9.17, 15) is 4.39 Å². The topological polar surface area (TPSA) is 64.0 Å². The van der Waals surface area contributed by atoms with Crippen LogP contribution in [0.4, 0.5) is 10.2 Å². The molecule has 4 rings (SSSR count). The summed E-state index contributed by atoms with van der Waals surface area (Å²) in [5, 5.41) is -0.000325. The lowest BCUT2D eigenvalue weighted by atomic mass is 10.1. The summed E-state index contributed by atoms with van der Waals surface area (Å²) in [5.74, 6) is 0.250. The van der Waals surface area contributed by atoms with Gasteiger partial charge < -0.3 is 9.64 Å². The maximum Gasteiger partial charge on any atom is 0.223 e. The second-order valence-electron chi connectivity index (χ2n) is 5.37. The zero-order valence-corrected chi connectivity index (χ0v) is 13.4. The van der Waals surface area contributed by atoms with Gasteiger partial charge in [-0.25, -0.2) is 19.3 Å². The van der Waals surface area contributed by atoms with Crippen LogP contribution in [0.1, 0.15) is 0 Å². The van der Waals surface area contributed by atoms with E-state index in [0.717, 1.165) is 30.6 Å². The smallest absolute Gasteiger partial charge is 0.223 e. The zero-order valence-electron chi connectivity index (χ0n) is 12.6. The molecule has 1 saturated heterocycles. The van der Waals surface area contributed by atoms with Crippen molar-refractivity contribution in [1.82, 2.24) is 19.9 Å². The molecule has 0 spiro atoms. The van der Waals surface area contributed by atoms with Crippen LogP contribution in [0.2, 0.25) is 5.28 Å². The van der Waals surface area contributed by atoms with Crippen molar-refractivity contribution >= 4 is 28.5 Å². The Morgan fingerprint density at radius 3 is 2.71 bits per heavy atom. The van der Waals surface area contributed by atoms with E-state index >= 15 is 0 Å². The average molecular weight is 346 g/mol. The molecule has 1 fully saturated rings. The fourth-order valence-corrected chi connectivity index (χ4v) is 2.78. The number of fused-ring (bicyclic) bond motifs is 1. The lowest BCUT2D eigenvalue weighted by molar-refractivity contribution is 0.122.